The van der Waals surface area contributed by atoms with E-state index >= 15 is 0 Å². The summed E-state index contributed by atoms with van der Waals surface area (Å²) in [5.41, 5.74) is 1.81. The second-order valence-corrected chi connectivity index (χ2v) is 12.6. The largest absolute Gasteiger partial charge is 0.271 e. The van der Waals surface area contributed by atoms with E-state index in [2.05, 4.69) is 38.9 Å². The third-order valence-corrected chi connectivity index (χ3v) is 11.2. The first-order valence-electron chi connectivity index (χ1n) is 13.3. The molecule has 0 amide bonds. The van der Waals surface area contributed by atoms with Crippen LogP contribution in [0.2, 0.25) is 0 Å². The maximum Gasteiger partial charge on any atom is 0.102 e. The third-order valence-electron chi connectivity index (χ3n) is 11.2. The van der Waals surface area contributed by atoms with E-state index in [-0.39, 0.29) is 0 Å². The molecule has 0 N–H and O–H groups in total. The number of aromatic nitrogens is 2. The Morgan fingerprint density at radius 2 is 1.77 bits per heavy atom. The summed E-state index contributed by atoms with van der Waals surface area (Å²) in [7, 11) is 0. The van der Waals surface area contributed by atoms with Gasteiger partial charge < -0.3 is 0 Å². The van der Waals surface area contributed by atoms with Gasteiger partial charge >= 0.3 is 0 Å². The van der Waals surface area contributed by atoms with Crippen molar-refractivity contribution in [3.8, 4) is 6.07 Å². The van der Waals surface area contributed by atoms with Crippen molar-refractivity contribution in [1.29, 1.82) is 5.26 Å². The maximum atomic E-state index is 9.13. The van der Waals surface area contributed by atoms with Gasteiger partial charge in [0.25, 0.3) is 0 Å². The molecule has 0 aromatic carbocycles. The van der Waals surface area contributed by atoms with Crippen LogP contribution in [0, 0.1) is 63.6 Å². The second kappa shape index (κ2) is 7.93. The first-order valence-corrected chi connectivity index (χ1v) is 13.3. The van der Waals surface area contributed by atoms with Crippen LogP contribution in [-0.4, -0.2) is 9.78 Å². The number of hydrogen-bond donors (Lipinski definition) is 0. The van der Waals surface area contributed by atoms with Crippen LogP contribution in [0.1, 0.15) is 97.5 Å². The standard InChI is InChI=1S/C28H43N3/c1-19-5-6-22-7-8-23-25-10-9-24(20(2)17-31-18-21(15-29)16-30-31)28(25,4)14-12-26(23)27(22,3)13-11-19/h16,18-20,22-26H,5-14,17H2,1-4H3/t19-,20+,22-,23+,24-,25+,26+,27+,28-/m1/s1. The van der Waals surface area contributed by atoms with Gasteiger partial charge in [-0.3, -0.25) is 4.68 Å². The topological polar surface area (TPSA) is 41.6 Å². The van der Waals surface area contributed by atoms with Gasteiger partial charge in [-0.2, -0.15) is 10.4 Å². The van der Waals surface area contributed by atoms with Crippen LogP contribution in [0.5, 0.6) is 0 Å². The van der Waals surface area contributed by atoms with E-state index in [0.29, 0.717) is 22.3 Å². The van der Waals surface area contributed by atoms with Gasteiger partial charge in [0.2, 0.25) is 0 Å². The second-order valence-electron chi connectivity index (χ2n) is 12.6. The third kappa shape index (κ3) is 3.48. The smallest absolute Gasteiger partial charge is 0.102 e. The molecule has 0 saturated heterocycles. The lowest BCUT2D eigenvalue weighted by Gasteiger charge is -2.59. The van der Waals surface area contributed by atoms with Crippen LogP contribution < -0.4 is 0 Å². The highest BCUT2D eigenvalue weighted by Gasteiger charge is 2.60. The molecule has 0 radical (unpaired) electrons. The van der Waals surface area contributed by atoms with E-state index in [1.807, 2.05) is 10.9 Å². The summed E-state index contributed by atoms with van der Waals surface area (Å²) >= 11 is 0. The van der Waals surface area contributed by atoms with Crippen molar-refractivity contribution in [2.24, 2.45) is 52.3 Å². The molecule has 1 aromatic heterocycles. The molecule has 9 atom stereocenters. The van der Waals surface area contributed by atoms with Crippen molar-refractivity contribution >= 4 is 0 Å². The highest BCUT2D eigenvalue weighted by Crippen LogP contribution is 2.68. The molecule has 4 fully saturated rings. The Bertz CT molecular complexity index is 836. The van der Waals surface area contributed by atoms with Gasteiger partial charge in [0, 0.05) is 12.7 Å². The summed E-state index contributed by atoms with van der Waals surface area (Å²) in [4.78, 5) is 0. The van der Waals surface area contributed by atoms with Gasteiger partial charge in [-0.15, -0.1) is 0 Å². The average molecular weight is 422 g/mol. The Kier molecular flexibility index (Phi) is 5.51. The normalized spacial score (nSPS) is 45.6. The summed E-state index contributed by atoms with van der Waals surface area (Å²) in [6, 6.07) is 2.22. The van der Waals surface area contributed by atoms with Crippen LogP contribution in [0.3, 0.4) is 0 Å². The van der Waals surface area contributed by atoms with E-state index < -0.39 is 0 Å². The molecule has 0 unspecified atom stereocenters. The van der Waals surface area contributed by atoms with Gasteiger partial charge in [0.05, 0.1) is 11.8 Å². The Morgan fingerprint density at radius 3 is 2.55 bits per heavy atom. The molecule has 1 heterocycles. The Hall–Kier alpha value is -1.30. The van der Waals surface area contributed by atoms with E-state index in [1.165, 1.54) is 64.2 Å². The van der Waals surface area contributed by atoms with E-state index in [0.717, 1.165) is 42.1 Å². The molecule has 0 spiro atoms. The van der Waals surface area contributed by atoms with Crippen molar-refractivity contribution in [3.63, 3.8) is 0 Å². The fourth-order valence-corrected chi connectivity index (χ4v) is 9.50. The van der Waals surface area contributed by atoms with E-state index in [1.54, 1.807) is 6.20 Å². The highest BCUT2D eigenvalue weighted by atomic mass is 15.3. The number of hydrogen-bond acceptors (Lipinski definition) is 2. The van der Waals surface area contributed by atoms with Gasteiger partial charge in [-0.25, -0.2) is 0 Å². The van der Waals surface area contributed by atoms with Crippen LogP contribution >= 0.6 is 0 Å². The zero-order valence-corrected chi connectivity index (χ0v) is 20.3. The number of nitrogens with zero attached hydrogens (tertiary/aromatic N) is 3. The maximum absolute atomic E-state index is 9.13. The zero-order chi connectivity index (χ0) is 21.8. The predicted molar refractivity (Wildman–Crippen MR) is 125 cm³/mol. The number of fused-ring (bicyclic) bond motifs is 5. The van der Waals surface area contributed by atoms with Gasteiger partial charge in [0.15, 0.2) is 0 Å². The molecule has 4 saturated carbocycles. The lowest BCUT2D eigenvalue weighted by molar-refractivity contribution is -0.103. The van der Waals surface area contributed by atoms with Gasteiger partial charge in [-0.05, 0) is 104 Å². The summed E-state index contributed by atoms with van der Waals surface area (Å²) < 4.78 is 2.02. The first kappa shape index (κ1) is 21.5. The molecule has 4 aliphatic rings. The van der Waals surface area contributed by atoms with Crippen molar-refractivity contribution < 1.29 is 0 Å². The average Bonchev–Trinajstić information content (AvgIpc) is 3.31. The fraction of sp³-hybridized carbons (Fsp3) is 0.857. The monoisotopic (exact) mass is 421 g/mol. The molecule has 0 aliphatic heterocycles. The SMILES string of the molecule is C[C@@H]1CC[C@@H]2CC[C@@H]3[C@H](CC[C@]4(C)[C@@H]([C@@H](C)Cn5cc(C#N)cn5)CC[C@@H]34)[C@@]2(C)CC1. The number of rotatable bonds is 3. The summed E-state index contributed by atoms with van der Waals surface area (Å²) in [5.74, 6) is 6.25. The predicted octanol–water partition coefficient (Wildman–Crippen LogP) is 7.08. The summed E-state index contributed by atoms with van der Waals surface area (Å²) in [5, 5.41) is 13.6. The molecule has 1 aromatic rings. The van der Waals surface area contributed by atoms with Crippen LogP contribution in [0.25, 0.3) is 0 Å². The first-order chi connectivity index (χ1) is 14.8. The molecular formula is C28H43N3. The Balaban J connectivity index is 1.33. The summed E-state index contributed by atoms with van der Waals surface area (Å²) in [6.07, 6.45) is 18.3. The van der Waals surface area contributed by atoms with Crippen molar-refractivity contribution in [3.05, 3.63) is 18.0 Å². The minimum Gasteiger partial charge on any atom is -0.271 e. The molecule has 3 heteroatoms. The van der Waals surface area contributed by atoms with Gasteiger partial charge in [0.1, 0.15) is 6.07 Å². The lowest BCUT2D eigenvalue weighted by atomic mass is 9.46. The van der Waals surface area contributed by atoms with Gasteiger partial charge in [-0.1, -0.05) is 40.5 Å². The van der Waals surface area contributed by atoms with Crippen molar-refractivity contribution in [2.75, 3.05) is 0 Å². The molecule has 31 heavy (non-hydrogen) atoms. The summed E-state index contributed by atoms with van der Waals surface area (Å²) in [6.45, 7) is 11.3. The van der Waals surface area contributed by atoms with E-state index in [9.17, 15) is 0 Å². The zero-order valence-electron chi connectivity index (χ0n) is 20.3. The minimum atomic E-state index is 0.507. The minimum absolute atomic E-state index is 0.507. The van der Waals surface area contributed by atoms with Crippen molar-refractivity contribution in [1.82, 2.24) is 9.78 Å². The molecule has 0 bridgehead atoms. The molecule has 5 rings (SSSR count). The van der Waals surface area contributed by atoms with Crippen LogP contribution in [0.15, 0.2) is 12.4 Å². The van der Waals surface area contributed by atoms with Crippen LogP contribution in [0.4, 0.5) is 0 Å². The highest BCUT2D eigenvalue weighted by molar-refractivity contribution is 5.21. The van der Waals surface area contributed by atoms with E-state index in [4.69, 9.17) is 5.26 Å². The quantitative estimate of drug-likeness (QED) is 0.523. The number of nitriles is 1. The molecule has 170 valence electrons. The lowest BCUT2D eigenvalue weighted by Crippen LogP contribution is -2.52. The van der Waals surface area contributed by atoms with Crippen molar-refractivity contribution in [2.45, 2.75) is 98.4 Å². The molecule has 3 nitrogen and oxygen atoms in total. The molecule has 4 aliphatic carbocycles. The Labute approximate surface area is 190 Å². The fourth-order valence-electron chi connectivity index (χ4n) is 9.50. The molecular weight excluding hydrogens is 378 g/mol. The van der Waals surface area contributed by atoms with Crippen LogP contribution in [-0.2, 0) is 6.54 Å². The Morgan fingerprint density at radius 1 is 1.03 bits per heavy atom.